The summed E-state index contributed by atoms with van der Waals surface area (Å²) in [6, 6.07) is 15.3. The SMILES string of the molecule is C/C(=C\C(=O)OCc1ccccc1)Nc1ccc(CNC(=O)OC(C)(C)C)cc1I. The van der Waals surface area contributed by atoms with Crippen LogP contribution in [-0.4, -0.2) is 17.7 Å². The second kappa shape index (κ2) is 11.0. The van der Waals surface area contributed by atoms with Gasteiger partial charge in [-0.25, -0.2) is 9.59 Å². The van der Waals surface area contributed by atoms with Crippen molar-refractivity contribution in [2.45, 2.75) is 46.4 Å². The van der Waals surface area contributed by atoms with Crippen molar-refractivity contribution in [3.8, 4) is 0 Å². The van der Waals surface area contributed by atoms with Crippen molar-refractivity contribution < 1.29 is 19.1 Å². The first-order valence-electron chi connectivity index (χ1n) is 9.54. The van der Waals surface area contributed by atoms with Crippen molar-refractivity contribution in [1.82, 2.24) is 5.32 Å². The van der Waals surface area contributed by atoms with Gasteiger partial charge in [-0.3, -0.25) is 0 Å². The monoisotopic (exact) mass is 522 g/mol. The number of carbonyl (C=O) groups excluding carboxylic acids is 2. The second-order valence-electron chi connectivity index (χ2n) is 7.72. The Morgan fingerprint density at radius 3 is 2.40 bits per heavy atom. The first-order chi connectivity index (χ1) is 14.1. The Morgan fingerprint density at radius 2 is 1.77 bits per heavy atom. The number of amides is 1. The van der Waals surface area contributed by atoms with Gasteiger partial charge in [0.05, 0.1) is 5.69 Å². The van der Waals surface area contributed by atoms with Gasteiger partial charge in [-0.1, -0.05) is 36.4 Å². The van der Waals surface area contributed by atoms with Crippen LogP contribution in [0.4, 0.5) is 10.5 Å². The van der Waals surface area contributed by atoms with Crippen LogP contribution in [0.25, 0.3) is 0 Å². The molecule has 30 heavy (non-hydrogen) atoms. The molecule has 2 aromatic carbocycles. The summed E-state index contributed by atoms with van der Waals surface area (Å²) in [6.07, 6.45) is 0.976. The van der Waals surface area contributed by atoms with Gasteiger partial charge in [0.25, 0.3) is 0 Å². The summed E-state index contributed by atoms with van der Waals surface area (Å²) in [5.74, 6) is -0.406. The molecule has 0 unspecified atom stereocenters. The highest BCUT2D eigenvalue weighted by atomic mass is 127. The van der Waals surface area contributed by atoms with Crippen LogP contribution in [0.5, 0.6) is 0 Å². The van der Waals surface area contributed by atoms with Gasteiger partial charge in [0.1, 0.15) is 12.2 Å². The summed E-state index contributed by atoms with van der Waals surface area (Å²) in [4.78, 5) is 23.8. The summed E-state index contributed by atoms with van der Waals surface area (Å²) in [5, 5.41) is 5.94. The van der Waals surface area contributed by atoms with Crippen LogP contribution in [0, 0.1) is 3.57 Å². The summed E-state index contributed by atoms with van der Waals surface area (Å²) >= 11 is 2.21. The molecule has 0 aliphatic rings. The van der Waals surface area contributed by atoms with Gasteiger partial charge >= 0.3 is 12.1 Å². The lowest BCUT2D eigenvalue weighted by Gasteiger charge is -2.19. The molecule has 0 bridgehead atoms. The van der Waals surface area contributed by atoms with E-state index in [9.17, 15) is 9.59 Å². The highest BCUT2D eigenvalue weighted by molar-refractivity contribution is 14.1. The maximum Gasteiger partial charge on any atom is 0.407 e. The number of anilines is 1. The first kappa shape index (κ1) is 23.7. The van der Waals surface area contributed by atoms with E-state index in [1.54, 1.807) is 6.92 Å². The molecule has 0 saturated heterocycles. The number of alkyl carbamates (subject to hydrolysis) is 1. The molecule has 2 rings (SSSR count). The number of nitrogens with one attached hydrogen (secondary N) is 2. The van der Waals surface area contributed by atoms with Crippen molar-refractivity contribution in [3.05, 3.63) is 75.0 Å². The molecule has 0 radical (unpaired) electrons. The van der Waals surface area contributed by atoms with Crippen molar-refractivity contribution in [2.24, 2.45) is 0 Å². The number of esters is 1. The maximum atomic E-state index is 12.0. The fraction of sp³-hybridized carbons (Fsp3) is 0.304. The van der Waals surface area contributed by atoms with Crippen molar-refractivity contribution in [3.63, 3.8) is 0 Å². The topological polar surface area (TPSA) is 76.7 Å². The van der Waals surface area contributed by atoms with E-state index >= 15 is 0 Å². The molecule has 0 fully saturated rings. The Hall–Kier alpha value is -2.55. The third kappa shape index (κ3) is 8.86. The van der Waals surface area contributed by atoms with Crippen LogP contribution < -0.4 is 10.6 Å². The maximum absolute atomic E-state index is 12.0. The van der Waals surface area contributed by atoms with Gasteiger partial charge in [0.15, 0.2) is 0 Å². The Balaban J connectivity index is 1.87. The van der Waals surface area contributed by atoms with E-state index < -0.39 is 17.7 Å². The minimum Gasteiger partial charge on any atom is -0.458 e. The van der Waals surface area contributed by atoms with E-state index in [0.717, 1.165) is 20.4 Å². The molecule has 0 heterocycles. The third-order valence-corrected chi connectivity index (χ3v) is 4.65. The van der Waals surface area contributed by atoms with Crippen molar-refractivity contribution >= 4 is 40.3 Å². The van der Waals surface area contributed by atoms with Crippen LogP contribution in [0.2, 0.25) is 0 Å². The second-order valence-corrected chi connectivity index (χ2v) is 8.88. The molecule has 0 aliphatic heterocycles. The van der Waals surface area contributed by atoms with Crippen LogP contribution in [0.1, 0.15) is 38.8 Å². The van der Waals surface area contributed by atoms with Gasteiger partial charge in [0.2, 0.25) is 0 Å². The summed E-state index contributed by atoms with van der Waals surface area (Å²) in [7, 11) is 0. The minimum atomic E-state index is -0.529. The molecule has 0 spiro atoms. The standard InChI is InChI=1S/C23H27IN2O4/c1-16(12-21(27)29-15-17-8-6-5-7-9-17)26-20-11-10-18(13-19(20)24)14-25-22(28)30-23(2,3)4/h5-13,26H,14-15H2,1-4H3,(H,25,28)/b16-12+. The average Bonchev–Trinajstić information content (AvgIpc) is 2.66. The number of ether oxygens (including phenoxy) is 2. The molecule has 160 valence electrons. The number of halogens is 1. The number of carbonyl (C=O) groups is 2. The van der Waals surface area contributed by atoms with Gasteiger partial charge < -0.3 is 20.1 Å². The fourth-order valence-electron chi connectivity index (χ4n) is 2.45. The molecule has 0 atom stereocenters. The van der Waals surface area contributed by atoms with Gasteiger partial charge in [-0.15, -0.1) is 0 Å². The van der Waals surface area contributed by atoms with Gasteiger partial charge in [-0.05, 0) is 73.5 Å². The lowest BCUT2D eigenvalue weighted by Crippen LogP contribution is -2.32. The lowest BCUT2D eigenvalue weighted by molar-refractivity contribution is -0.139. The molecule has 2 aromatic rings. The molecule has 1 amide bonds. The van der Waals surface area contributed by atoms with Gasteiger partial charge in [-0.2, -0.15) is 0 Å². The third-order valence-electron chi connectivity index (χ3n) is 3.76. The van der Waals surface area contributed by atoms with Crippen LogP contribution in [0.3, 0.4) is 0 Å². The number of allylic oxidation sites excluding steroid dienone is 1. The van der Waals surface area contributed by atoms with Crippen molar-refractivity contribution in [2.75, 3.05) is 5.32 Å². The quantitative estimate of drug-likeness (QED) is 0.290. The molecule has 0 saturated carbocycles. The van der Waals surface area contributed by atoms with E-state index in [2.05, 4.69) is 33.2 Å². The zero-order valence-electron chi connectivity index (χ0n) is 17.6. The predicted octanol–water partition coefficient (Wildman–Crippen LogP) is 5.38. The van der Waals surface area contributed by atoms with E-state index in [1.807, 2.05) is 69.3 Å². The Kier molecular flexibility index (Phi) is 8.71. The highest BCUT2D eigenvalue weighted by Gasteiger charge is 2.15. The first-order valence-corrected chi connectivity index (χ1v) is 10.6. The average molecular weight is 522 g/mol. The smallest absolute Gasteiger partial charge is 0.407 e. The lowest BCUT2D eigenvalue weighted by atomic mass is 10.2. The zero-order valence-corrected chi connectivity index (χ0v) is 19.8. The van der Waals surface area contributed by atoms with E-state index in [-0.39, 0.29) is 6.61 Å². The van der Waals surface area contributed by atoms with Crippen LogP contribution >= 0.6 is 22.6 Å². The number of hydrogen-bond acceptors (Lipinski definition) is 5. The normalized spacial score (nSPS) is 11.6. The zero-order chi connectivity index (χ0) is 22.1. The van der Waals surface area contributed by atoms with Crippen LogP contribution in [-0.2, 0) is 27.4 Å². The molecule has 2 N–H and O–H groups in total. The Bertz CT molecular complexity index is 905. The molecule has 7 heteroatoms. The molecular formula is C23H27IN2O4. The van der Waals surface area contributed by atoms with Gasteiger partial charge in [0, 0.05) is 21.9 Å². The van der Waals surface area contributed by atoms with E-state index in [0.29, 0.717) is 12.2 Å². The molecule has 0 aliphatic carbocycles. The Labute approximate surface area is 191 Å². The highest BCUT2D eigenvalue weighted by Crippen LogP contribution is 2.21. The molecule has 0 aromatic heterocycles. The molecular weight excluding hydrogens is 495 g/mol. The van der Waals surface area contributed by atoms with Crippen LogP contribution in [0.15, 0.2) is 60.3 Å². The Morgan fingerprint density at radius 1 is 1.07 bits per heavy atom. The number of rotatable bonds is 7. The number of hydrogen-bond donors (Lipinski definition) is 2. The largest absolute Gasteiger partial charge is 0.458 e. The summed E-state index contributed by atoms with van der Waals surface area (Å²) in [6.45, 7) is 7.87. The summed E-state index contributed by atoms with van der Waals surface area (Å²) in [5.41, 5.74) is 2.89. The number of benzene rings is 2. The predicted molar refractivity (Wildman–Crippen MR) is 126 cm³/mol. The summed E-state index contributed by atoms with van der Waals surface area (Å²) < 4.78 is 11.5. The molecule has 6 nitrogen and oxygen atoms in total. The van der Waals surface area contributed by atoms with Crippen molar-refractivity contribution in [1.29, 1.82) is 0 Å². The van der Waals surface area contributed by atoms with E-state index in [1.165, 1.54) is 6.08 Å². The van der Waals surface area contributed by atoms with E-state index in [4.69, 9.17) is 9.47 Å². The minimum absolute atomic E-state index is 0.236. The fourth-order valence-corrected chi connectivity index (χ4v) is 3.17.